The molecule has 0 radical (unpaired) electrons. The molecule has 1 fully saturated rings. The Balaban J connectivity index is 0.000000256. The van der Waals surface area contributed by atoms with E-state index in [1.165, 1.54) is 6.33 Å². The Labute approximate surface area is 141 Å². The first-order valence-electron chi connectivity index (χ1n) is 7.86. The molecule has 2 aromatic heterocycles. The van der Waals surface area contributed by atoms with Gasteiger partial charge in [-0.05, 0) is 38.8 Å². The molecule has 1 aliphatic rings. The average Bonchev–Trinajstić information content (AvgIpc) is 3.22. The molecule has 3 rings (SSSR count). The van der Waals surface area contributed by atoms with E-state index in [0.29, 0.717) is 5.82 Å². The zero-order valence-electron chi connectivity index (χ0n) is 14.6. The number of hydrogen-bond acceptors (Lipinski definition) is 7. The summed E-state index contributed by atoms with van der Waals surface area (Å²) in [4.78, 5) is 3.94. The van der Waals surface area contributed by atoms with E-state index in [9.17, 15) is 0 Å². The summed E-state index contributed by atoms with van der Waals surface area (Å²) in [5.41, 5.74) is 7.52. The van der Waals surface area contributed by atoms with Crippen molar-refractivity contribution in [2.45, 2.75) is 44.7 Å². The number of nitrogens with two attached hydrogens (primary N) is 1. The quantitative estimate of drug-likeness (QED) is 0.815. The first kappa shape index (κ1) is 18.6. The number of fused-ring (bicyclic) bond motifs is 1. The lowest BCUT2D eigenvalue weighted by molar-refractivity contribution is -0.178. The van der Waals surface area contributed by atoms with Crippen LogP contribution in [0.25, 0.3) is 5.52 Å². The lowest BCUT2D eigenvalue weighted by atomic mass is 10.1. The summed E-state index contributed by atoms with van der Waals surface area (Å²) in [6.45, 7) is 3.77. The van der Waals surface area contributed by atoms with Crippen molar-refractivity contribution < 1.29 is 19.3 Å². The molecule has 2 aromatic rings. The fourth-order valence-electron chi connectivity index (χ4n) is 2.36. The van der Waals surface area contributed by atoms with Crippen LogP contribution >= 0.6 is 0 Å². The third-order valence-corrected chi connectivity index (χ3v) is 4.14. The van der Waals surface area contributed by atoms with Crippen molar-refractivity contribution in [3.8, 4) is 0 Å². The minimum absolute atomic E-state index is 0.0241. The normalized spacial score (nSPS) is 20.9. The number of aromatic nitrogens is 3. The van der Waals surface area contributed by atoms with Crippen LogP contribution in [-0.4, -0.2) is 52.4 Å². The smallest absolute Gasteiger partial charge is 0.161 e. The number of nitrogens with zero attached hydrogens (tertiary/aromatic N) is 3. The Kier molecular flexibility index (Phi) is 6.11. The van der Waals surface area contributed by atoms with Crippen LogP contribution in [0.3, 0.4) is 0 Å². The molecule has 0 aromatic carbocycles. The molecule has 2 atom stereocenters. The van der Waals surface area contributed by atoms with Crippen LogP contribution in [0.15, 0.2) is 18.5 Å². The fourth-order valence-corrected chi connectivity index (χ4v) is 2.36. The van der Waals surface area contributed by atoms with Gasteiger partial charge in [-0.3, -0.25) is 0 Å². The molecule has 1 aliphatic heterocycles. The van der Waals surface area contributed by atoms with Crippen LogP contribution in [0.2, 0.25) is 0 Å². The molecule has 3 N–H and O–H groups in total. The molecule has 0 bridgehead atoms. The topological polar surface area (TPSA) is 104 Å². The van der Waals surface area contributed by atoms with Crippen LogP contribution in [0.4, 0.5) is 5.82 Å². The van der Waals surface area contributed by atoms with Gasteiger partial charge in [0.15, 0.2) is 11.6 Å². The molecule has 0 saturated carbocycles. The molecular weight excluding hydrogens is 312 g/mol. The average molecular weight is 338 g/mol. The second-order valence-corrected chi connectivity index (χ2v) is 6.02. The highest BCUT2D eigenvalue weighted by atomic mass is 16.7. The minimum Gasteiger partial charge on any atom is -0.394 e. The number of aliphatic hydroxyl groups is 1. The Morgan fingerprint density at radius 3 is 2.58 bits per heavy atom. The maximum atomic E-state index is 9.06. The molecule has 0 spiro atoms. The van der Waals surface area contributed by atoms with Crippen molar-refractivity contribution in [1.29, 1.82) is 0 Å². The van der Waals surface area contributed by atoms with Crippen LogP contribution < -0.4 is 5.73 Å². The van der Waals surface area contributed by atoms with E-state index in [2.05, 4.69) is 10.1 Å². The molecule has 0 amide bonds. The van der Waals surface area contributed by atoms with Crippen molar-refractivity contribution in [2.75, 3.05) is 26.6 Å². The van der Waals surface area contributed by atoms with E-state index in [0.717, 1.165) is 24.1 Å². The van der Waals surface area contributed by atoms with Crippen molar-refractivity contribution in [3.05, 3.63) is 24.2 Å². The fraction of sp³-hybridized carbons (Fsp3) is 0.625. The highest BCUT2D eigenvalue weighted by Gasteiger charge is 2.28. The summed E-state index contributed by atoms with van der Waals surface area (Å²) < 4.78 is 17.2. The van der Waals surface area contributed by atoms with E-state index in [4.69, 9.17) is 25.1 Å². The summed E-state index contributed by atoms with van der Waals surface area (Å²) in [5.74, 6) is 0.0444. The van der Waals surface area contributed by atoms with E-state index in [-0.39, 0.29) is 18.8 Å². The Morgan fingerprint density at radius 2 is 2.04 bits per heavy atom. The van der Waals surface area contributed by atoms with Gasteiger partial charge >= 0.3 is 0 Å². The number of rotatable bonds is 4. The highest BCUT2D eigenvalue weighted by Crippen LogP contribution is 2.33. The van der Waals surface area contributed by atoms with Gasteiger partial charge in [0.05, 0.1) is 18.4 Å². The first-order chi connectivity index (χ1) is 11.4. The van der Waals surface area contributed by atoms with Gasteiger partial charge in [-0.2, -0.15) is 5.10 Å². The zero-order chi connectivity index (χ0) is 17.7. The molecule has 8 nitrogen and oxygen atoms in total. The lowest BCUT2D eigenvalue weighted by Crippen LogP contribution is -2.24. The molecule has 1 saturated heterocycles. The van der Waals surface area contributed by atoms with Gasteiger partial charge in [-0.25, -0.2) is 9.50 Å². The van der Waals surface area contributed by atoms with Gasteiger partial charge < -0.3 is 25.1 Å². The number of aliphatic hydroxyl groups excluding tert-OH is 1. The van der Waals surface area contributed by atoms with Crippen LogP contribution in [0.5, 0.6) is 0 Å². The minimum atomic E-state index is -0.417. The second kappa shape index (κ2) is 7.89. The van der Waals surface area contributed by atoms with Crippen molar-refractivity contribution in [3.63, 3.8) is 0 Å². The molecule has 8 heteroatoms. The number of ether oxygens (including phenoxy) is 3. The molecule has 134 valence electrons. The van der Waals surface area contributed by atoms with E-state index >= 15 is 0 Å². The van der Waals surface area contributed by atoms with Gasteiger partial charge in [0.2, 0.25) is 0 Å². The first-order valence-corrected chi connectivity index (χ1v) is 7.86. The summed E-state index contributed by atoms with van der Waals surface area (Å²) in [6, 6.07) is 3.84. The summed E-state index contributed by atoms with van der Waals surface area (Å²) >= 11 is 0. The molecule has 1 unspecified atom stereocenters. The number of anilines is 1. The standard InChI is InChI=1S/C11H14N4O2.C5H12O2/c12-11-9-3-2-8(15(9)14-6-13-11)10-4-1-7(5-16)17-10;1-5(2,6-3)7-4/h2-3,6-7,10,16H,1,4-5H2,(H2,12,13,14);1-4H3/t7?,10-;/m1./s1. The Morgan fingerprint density at radius 1 is 1.33 bits per heavy atom. The largest absolute Gasteiger partial charge is 0.394 e. The zero-order valence-corrected chi connectivity index (χ0v) is 14.6. The van der Waals surface area contributed by atoms with Gasteiger partial charge in [0, 0.05) is 14.2 Å². The molecule has 3 heterocycles. The maximum Gasteiger partial charge on any atom is 0.161 e. The van der Waals surface area contributed by atoms with Crippen molar-refractivity contribution >= 4 is 11.3 Å². The van der Waals surface area contributed by atoms with E-state index in [1.54, 1.807) is 18.7 Å². The predicted octanol–water partition coefficient (Wildman–Crippen LogP) is 1.54. The van der Waals surface area contributed by atoms with Gasteiger partial charge in [0.25, 0.3) is 0 Å². The molecule has 0 aliphatic carbocycles. The summed E-state index contributed by atoms with van der Waals surface area (Å²) in [6.07, 6.45) is 3.11. The monoisotopic (exact) mass is 338 g/mol. The Hall–Kier alpha value is -1.74. The number of methoxy groups -OCH3 is 2. The lowest BCUT2D eigenvalue weighted by Gasteiger charge is -2.19. The third kappa shape index (κ3) is 4.21. The summed E-state index contributed by atoms with van der Waals surface area (Å²) in [5, 5.41) is 13.2. The SMILES string of the molecule is COC(C)(C)OC.Nc1ncnn2c([C@H]3CCC(CO)O3)ccc12. The number of nitrogen functional groups attached to an aromatic ring is 1. The Bertz CT molecular complexity index is 653. The van der Waals surface area contributed by atoms with Crippen molar-refractivity contribution in [1.82, 2.24) is 14.6 Å². The van der Waals surface area contributed by atoms with Crippen LogP contribution in [0.1, 0.15) is 38.5 Å². The van der Waals surface area contributed by atoms with E-state index < -0.39 is 5.79 Å². The second-order valence-electron chi connectivity index (χ2n) is 6.02. The highest BCUT2D eigenvalue weighted by molar-refractivity contribution is 5.65. The molecule has 24 heavy (non-hydrogen) atoms. The summed E-state index contributed by atoms with van der Waals surface area (Å²) in [7, 11) is 3.23. The number of hydrogen-bond donors (Lipinski definition) is 2. The third-order valence-electron chi connectivity index (χ3n) is 4.14. The molecular formula is C16H26N4O4. The van der Waals surface area contributed by atoms with Crippen LogP contribution in [-0.2, 0) is 14.2 Å². The van der Waals surface area contributed by atoms with Crippen LogP contribution in [0, 0.1) is 0 Å². The van der Waals surface area contributed by atoms with E-state index in [1.807, 2.05) is 26.0 Å². The maximum absolute atomic E-state index is 9.06. The van der Waals surface area contributed by atoms with Gasteiger partial charge in [-0.1, -0.05) is 0 Å². The van der Waals surface area contributed by atoms with Gasteiger partial charge in [0.1, 0.15) is 17.9 Å². The predicted molar refractivity (Wildman–Crippen MR) is 89.4 cm³/mol. The van der Waals surface area contributed by atoms with Gasteiger partial charge in [-0.15, -0.1) is 0 Å². The van der Waals surface area contributed by atoms with Crippen molar-refractivity contribution in [2.24, 2.45) is 0 Å².